The van der Waals surface area contributed by atoms with Gasteiger partial charge in [0.25, 0.3) is 5.91 Å². The van der Waals surface area contributed by atoms with Crippen molar-refractivity contribution in [2.45, 2.75) is 25.7 Å². The van der Waals surface area contributed by atoms with Crippen molar-refractivity contribution in [3.05, 3.63) is 57.5 Å². The zero-order valence-corrected chi connectivity index (χ0v) is 17.6. The number of hydrogen-bond donors (Lipinski definition) is 0. The van der Waals surface area contributed by atoms with Gasteiger partial charge in [0.1, 0.15) is 5.75 Å². The molecule has 2 heterocycles. The Labute approximate surface area is 171 Å². The van der Waals surface area contributed by atoms with E-state index in [4.69, 9.17) is 9.72 Å². The number of aromatic nitrogens is 1. The number of carbonyl (C=O) groups is 1. The molecule has 6 heteroatoms. The van der Waals surface area contributed by atoms with Crippen LogP contribution in [0, 0.1) is 6.92 Å². The number of nitrogens with zero attached hydrogens (tertiary/aromatic N) is 2. The molecule has 0 aliphatic carbocycles. The van der Waals surface area contributed by atoms with Crippen LogP contribution in [0.5, 0.6) is 5.75 Å². The highest BCUT2D eigenvalue weighted by Crippen LogP contribution is 2.33. The van der Waals surface area contributed by atoms with E-state index >= 15 is 0 Å². The van der Waals surface area contributed by atoms with E-state index < -0.39 is 0 Å². The minimum absolute atomic E-state index is 0.0355. The molecule has 0 radical (unpaired) electrons. The Morgan fingerprint density at radius 1 is 1.33 bits per heavy atom. The van der Waals surface area contributed by atoms with Crippen molar-refractivity contribution in [1.29, 1.82) is 0 Å². The quantitative estimate of drug-likeness (QED) is 0.558. The first-order chi connectivity index (χ1) is 13.1. The number of rotatable bonds is 4. The van der Waals surface area contributed by atoms with E-state index in [1.165, 1.54) is 4.70 Å². The van der Waals surface area contributed by atoms with Gasteiger partial charge in [0.2, 0.25) is 0 Å². The first-order valence-electron chi connectivity index (χ1n) is 9.12. The highest BCUT2D eigenvalue weighted by atomic mass is 79.9. The highest BCUT2D eigenvalue weighted by molar-refractivity contribution is 9.10. The number of amides is 1. The second-order valence-corrected chi connectivity index (χ2v) is 8.84. The summed E-state index contributed by atoms with van der Waals surface area (Å²) in [7, 11) is 0. The van der Waals surface area contributed by atoms with Crippen molar-refractivity contribution in [2.24, 2.45) is 0 Å². The maximum atomic E-state index is 12.7. The largest absolute Gasteiger partial charge is 0.483 e. The number of hydrogen-bond acceptors (Lipinski definition) is 4. The fourth-order valence-corrected chi connectivity index (χ4v) is 5.12. The van der Waals surface area contributed by atoms with Crippen LogP contribution in [0.15, 0.2) is 46.9 Å². The zero-order chi connectivity index (χ0) is 18.8. The maximum absolute atomic E-state index is 12.7. The Hall–Kier alpha value is -1.92. The summed E-state index contributed by atoms with van der Waals surface area (Å²) in [5.74, 6) is 1.05. The molecule has 1 aliphatic rings. The van der Waals surface area contributed by atoms with Gasteiger partial charge in [-0.3, -0.25) is 4.79 Å². The third-order valence-electron chi connectivity index (χ3n) is 4.87. The van der Waals surface area contributed by atoms with Crippen molar-refractivity contribution in [3.8, 4) is 5.75 Å². The van der Waals surface area contributed by atoms with Crippen LogP contribution in [0.25, 0.3) is 10.2 Å². The van der Waals surface area contributed by atoms with Crippen LogP contribution < -0.4 is 4.74 Å². The summed E-state index contributed by atoms with van der Waals surface area (Å²) in [6, 6.07) is 14.1. The summed E-state index contributed by atoms with van der Waals surface area (Å²) >= 11 is 5.24. The molecule has 1 amide bonds. The van der Waals surface area contributed by atoms with Crippen LogP contribution in [-0.2, 0) is 4.79 Å². The van der Waals surface area contributed by atoms with E-state index in [9.17, 15) is 4.79 Å². The third kappa shape index (κ3) is 4.17. The van der Waals surface area contributed by atoms with Gasteiger partial charge in [-0.1, -0.05) is 18.2 Å². The summed E-state index contributed by atoms with van der Waals surface area (Å²) in [5.41, 5.74) is 2.20. The van der Waals surface area contributed by atoms with Crippen molar-refractivity contribution >= 4 is 43.4 Å². The fraction of sp³-hybridized carbons (Fsp3) is 0.333. The number of piperidine rings is 1. The van der Waals surface area contributed by atoms with Gasteiger partial charge in [-0.05, 0) is 65.5 Å². The minimum atomic E-state index is 0.0355. The number of para-hydroxylation sites is 1. The van der Waals surface area contributed by atoms with Crippen LogP contribution >= 0.6 is 27.3 Å². The monoisotopic (exact) mass is 444 g/mol. The molecule has 1 atom stereocenters. The molecular formula is C21H21BrN2O2S. The lowest BCUT2D eigenvalue weighted by molar-refractivity contribution is -0.134. The van der Waals surface area contributed by atoms with Crippen molar-refractivity contribution in [3.63, 3.8) is 0 Å². The molecule has 3 aromatic rings. The van der Waals surface area contributed by atoms with Gasteiger partial charge in [-0.15, -0.1) is 11.3 Å². The number of thiazole rings is 1. The number of halogens is 1. The molecule has 0 saturated carbocycles. The molecule has 2 aromatic carbocycles. The molecule has 27 heavy (non-hydrogen) atoms. The van der Waals surface area contributed by atoms with Gasteiger partial charge in [-0.25, -0.2) is 4.98 Å². The Morgan fingerprint density at radius 3 is 3.00 bits per heavy atom. The van der Waals surface area contributed by atoms with E-state index in [0.717, 1.165) is 46.5 Å². The number of carbonyl (C=O) groups excluding carboxylic acids is 1. The molecular weight excluding hydrogens is 424 g/mol. The number of aryl methyl sites for hydroxylation is 1. The van der Waals surface area contributed by atoms with Gasteiger partial charge in [0.05, 0.1) is 19.7 Å². The van der Waals surface area contributed by atoms with Gasteiger partial charge in [0, 0.05) is 19.0 Å². The Kier molecular flexibility index (Phi) is 5.45. The van der Waals surface area contributed by atoms with Crippen LogP contribution in [0.1, 0.15) is 29.3 Å². The maximum Gasteiger partial charge on any atom is 0.260 e. The summed E-state index contributed by atoms with van der Waals surface area (Å²) < 4.78 is 7.83. The lowest BCUT2D eigenvalue weighted by Gasteiger charge is -2.31. The minimum Gasteiger partial charge on any atom is -0.483 e. The second-order valence-electron chi connectivity index (χ2n) is 6.92. The van der Waals surface area contributed by atoms with Gasteiger partial charge < -0.3 is 9.64 Å². The molecule has 4 rings (SSSR count). The summed E-state index contributed by atoms with van der Waals surface area (Å²) in [6.45, 7) is 3.60. The topological polar surface area (TPSA) is 42.4 Å². The summed E-state index contributed by atoms with van der Waals surface area (Å²) in [5, 5.41) is 1.14. The fourth-order valence-electron chi connectivity index (χ4n) is 3.42. The predicted octanol–water partition coefficient (Wildman–Crippen LogP) is 5.15. The van der Waals surface area contributed by atoms with Crippen LogP contribution in [-0.4, -0.2) is 35.5 Å². The molecule has 1 saturated heterocycles. The number of ether oxygens (including phenoxy) is 1. The highest BCUT2D eigenvalue weighted by Gasteiger charge is 2.27. The van der Waals surface area contributed by atoms with Crippen LogP contribution in [0.4, 0.5) is 0 Å². The third-order valence-corrected chi connectivity index (χ3v) is 6.69. The molecule has 140 valence electrons. The first kappa shape index (κ1) is 18.4. The number of likely N-dealkylation sites (tertiary alicyclic amines) is 1. The lowest BCUT2D eigenvalue weighted by atomic mass is 9.99. The average Bonchev–Trinajstić information content (AvgIpc) is 3.11. The standard InChI is InChI=1S/C21H21BrN2O2S/c1-14-8-9-18(16(22)11-14)26-13-20(25)24-10-4-5-15(12-24)21-23-17-6-2-3-7-19(17)27-21/h2-3,6-9,11,15H,4-5,10,12-13H2,1H3/t15-/m0/s1. The van der Waals surface area contributed by atoms with Gasteiger partial charge >= 0.3 is 0 Å². The smallest absolute Gasteiger partial charge is 0.260 e. The Bertz CT molecular complexity index is 939. The predicted molar refractivity (Wildman–Crippen MR) is 113 cm³/mol. The molecule has 1 fully saturated rings. The van der Waals surface area contributed by atoms with Crippen LogP contribution in [0.3, 0.4) is 0 Å². The van der Waals surface area contributed by atoms with Gasteiger partial charge in [-0.2, -0.15) is 0 Å². The Morgan fingerprint density at radius 2 is 2.19 bits per heavy atom. The summed E-state index contributed by atoms with van der Waals surface area (Å²) in [6.07, 6.45) is 2.08. The molecule has 0 bridgehead atoms. The average molecular weight is 445 g/mol. The lowest BCUT2D eigenvalue weighted by Crippen LogP contribution is -2.41. The molecule has 1 aromatic heterocycles. The normalized spacial score (nSPS) is 17.3. The second kappa shape index (κ2) is 7.98. The number of fused-ring (bicyclic) bond motifs is 1. The van der Waals surface area contributed by atoms with E-state index in [1.54, 1.807) is 11.3 Å². The number of benzene rings is 2. The van der Waals surface area contributed by atoms with E-state index in [1.807, 2.05) is 48.2 Å². The SMILES string of the molecule is Cc1ccc(OCC(=O)N2CCC[C@H](c3nc4ccccc4s3)C2)c(Br)c1. The Balaban J connectivity index is 1.40. The summed E-state index contributed by atoms with van der Waals surface area (Å²) in [4.78, 5) is 19.4. The van der Waals surface area contributed by atoms with Crippen molar-refractivity contribution < 1.29 is 9.53 Å². The van der Waals surface area contributed by atoms with Crippen LogP contribution in [0.2, 0.25) is 0 Å². The zero-order valence-electron chi connectivity index (χ0n) is 15.2. The van der Waals surface area contributed by atoms with Crippen molar-refractivity contribution in [1.82, 2.24) is 9.88 Å². The molecule has 0 spiro atoms. The van der Waals surface area contributed by atoms with Crippen molar-refractivity contribution in [2.75, 3.05) is 19.7 Å². The molecule has 0 unspecified atom stereocenters. The molecule has 1 aliphatic heterocycles. The molecule has 4 nitrogen and oxygen atoms in total. The van der Waals surface area contributed by atoms with E-state index in [-0.39, 0.29) is 12.5 Å². The first-order valence-corrected chi connectivity index (χ1v) is 10.7. The molecule has 0 N–H and O–H groups in total. The van der Waals surface area contributed by atoms with Gasteiger partial charge in [0.15, 0.2) is 6.61 Å². The van der Waals surface area contributed by atoms with E-state index in [0.29, 0.717) is 11.7 Å². The van der Waals surface area contributed by atoms with E-state index in [2.05, 4.69) is 22.0 Å².